The van der Waals surface area contributed by atoms with Crippen molar-refractivity contribution in [3.05, 3.63) is 35.9 Å². The van der Waals surface area contributed by atoms with Gasteiger partial charge in [0.25, 0.3) is 0 Å². The van der Waals surface area contributed by atoms with E-state index in [1.165, 1.54) is 0 Å². The van der Waals surface area contributed by atoms with Crippen molar-refractivity contribution >= 4 is 11.6 Å². The van der Waals surface area contributed by atoms with E-state index in [9.17, 15) is 0 Å². The van der Waals surface area contributed by atoms with Gasteiger partial charge in [-0.1, -0.05) is 55.8 Å². The molecule has 0 heterocycles. The Morgan fingerprint density at radius 1 is 1.23 bits per heavy atom. The van der Waals surface area contributed by atoms with Crippen molar-refractivity contribution in [3.8, 4) is 0 Å². The van der Waals surface area contributed by atoms with Crippen LogP contribution >= 0.6 is 11.6 Å². The zero-order chi connectivity index (χ0) is 9.90. The van der Waals surface area contributed by atoms with E-state index in [0.29, 0.717) is 0 Å². The van der Waals surface area contributed by atoms with E-state index in [1.54, 1.807) is 7.11 Å². The summed E-state index contributed by atoms with van der Waals surface area (Å²) in [7, 11) is 1.64. The van der Waals surface area contributed by atoms with Crippen molar-refractivity contribution in [1.82, 2.24) is 0 Å². The Hall–Kier alpha value is -0.530. The maximum atomic E-state index is 6.36. The van der Waals surface area contributed by atoms with Crippen LogP contribution in [-0.2, 0) is 9.80 Å². The summed E-state index contributed by atoms with van der Waals surface area (Å²) in [6.45, 7) is 4.09. The van der Waals surface area contributed by atoms with Gasteiger partial charge in [-0.3, -0.25) is 0 Å². The molecule has 1 nitrogen and oxygen atoms in total. The predicted octanol–water partition coefficient (Wildman–Crippen LogP) is 3.38. The van der Waals surface area contributed by atoms with Crippen LogP contribution in [0, 0.1) is 5.92 Å². The third-order valence-electron chi connectivity index (χ3n) is 2.21. The molecule has 1 aromatic rings. The number of hydrogen-bond donors (Lipinski definition) is 0. The fourth-order valence-electron chi connectivity index (χ4n) is 1.35. The summed E-state index contributed by atoms with van der Waals surface area (Å²) >= 11 is 6.36. The summed E-state index contributed by atoms with van der Waals surface area (Å²) in [5.74, 6) is 0.238. The zero-order valence-electron chi connectivity index (χ0n) is 8.25. The zero-order valence-corrected chi connectivity index (χ0v) is 9.01. The first-order valence-electron chi connectivity index (χ1n) is 4.41. The van der Waals surface area contributed by atoms with Crippen LogP contribution in [-0.4, -0.2) is 7.11 Å². The SMILES string of the molecule is COC(Cl)(c1ccccc1)C(C)C. The minimum absolute atomic E-state index is 0.238. The molecule has 1 atom stereocenters. The van der Waals surface area contributed by atoms with Gasteiger partial charge < -0.3 is 4.74 Å². The quantitative estimate of drug-likeness (QED) is 0.677. The molecule has 0 saturated carbocycles. The van der Waals surface area contributed by atoms with Gasteiger partial charge in [0.1, 0.15) is 0 Å². The average molecular weight is 199 g/mol. The largest absolute Gasteiger partial charge is 0.358 e. The first kappa shape index (κ1) is 10.6. The normalized spacial score (nSPS) is 15.8. The maximum Gasteiger partial charge on any atom is 0.169 e. The number of methoxy groups -OCH3 is 1. The average Bonchev–Trinajstić information content (AvgIpc) is 2.17. The second kappa shape index (κ2) is 4.12. The highest BCUT2D eigenvalue weighted by molar-refractivity contribution is 6.23. The van der Waals surface area contributed by atoms with E-state index in [2.05, 4.69) is 0 Å². The van der Waals surface area contributed by atoms with Gasteiger partial charge >= 0.3 is 0 Å². The maximum absolute atomic E-state index is 6.36. The second-order valence-corrected chi connectivity index (χ2v) is 3.93. The molecule has 1 rings (SSSR count). The molecular weight excluding hydrogens is 184 g/mol. The highest BCUT2D eigenvalue weighted by Gasteiger charge is 2.32. The molecule has 0 amide bonds. The van der Waals surface area contributed by atoms with Gasteiger partial charge in [0.05, 0.1) is 0 Å². The van der Waals surface area contributed by atoms with Crippen LogP contribution in [0.15, 0.2) is 30.3 Å². The van der Waals surface area contributed by atoms with Crippen molar-refractivity contribution in [2.45, 2.75) is 18.9 Å². The van der Waals surface area contributed by atoms with Crippen molar-refractivity contribution in [1.29, 1.82) is 0 Å². The Kier molecular flexibility index (Phi) is 3.34. The predicted molar refractivity (Wildman–Crippen MR) is 55.8 cm³/mol. The van der Waals surface area contributed by atoms with E-state index < -0.39 is 5.06 Å². The molecular formula is C11H15ClO. The highest BCUT2D eigenvalue weighted by atomic mass is 35.5. The summed E-state index contributed by atoms with van der Waals surface area (Å²) in [6, 6.07) is 9.87. The number of hydrogen-bond acceptors (Lipinski definition) is 1. The Balaban J connectivity index is 3.03. The summed E-state index contributed by atoms with van der Waals surface area (Å²) in [6.07, 6.45) is 0. The van der Waals surface area contributed by atoms with Crippen LogP contribution < -0.4 is 0 Å². The molecule has 13 heavy (non-hydrogen) atoms. The summed E-state index contributed by atoms with van der Waals surface area (Å²) in [5, 5.41) is -0.693. The van der Waals surface area contributed by atoms with E-state index in [-0.39, 0.29) is 5.92 Å². The van der Waals surface area contributed by atoms with Gasteiger partial charge in [0.15, 0.2) is 5.06 Å². The Labute approximate surface area is 84.7 Å². The van der Waals surface area contributed by atoms with E-state index in [1.807, 2.05) is 44.2 Å². The van der Waals surface area contributed by atoms with E-state index >= 15 is 0 Å². The van der Waals surface area contributed by atoms with Gasteiger partial charge in [0.2, 0.25) is 0 Å². The highest BCUT2D eigenvalue weighted by Crippen LogP contribution is 2.36. The first-order chi connectivity index (χ1) is 6.11. The standard InChI is InChI=1S/C11H15ClO/c1-9(2)11(12,13-3)10-7-5-4-6-8-10/h4-9H,1-3H3. The Bertz CT molecular complexity index is 258. The molecule has 1 unspecified atom stereocenters. The molecule has 0 saturated heterocycles. The Morgan fingerprint density at radius 3 is 2.15 bits per heavy atom. The van der Waals surface area contributed by atoms with E-state index in [0.717, 1.165) is 5.56 Å². The second-order valence-electron chi connectivity index (χ2n) is 3.37. The van der Waals surface area contributed by atoms with Crippen LogP contribution in [0.4, 0.5) is 0 Å². The lowest BCUT2D eigenvalue weighted by atomic mass is 9.98. The molecule has 0 N–H and O–H groups in total. The van der Waals surface area contributed by atoms with Gasteiger partial charge in [-0.15, -0.1) is 0 Å². The van der Waals surface area contributed by atoms with Crippen LogP contribution in [0.5, 0.6) is 0 Å². The molecule has 72 valence electrons. The van der Waals surface area contributed by atoms with Crippen molar-refractivity contribution in [3.63, 3.8) is 0 Å². The molecule has 2 heteroatoms. The molecule has 0 aliphatic rings. The van der Waals surface area contributed by atoms with Gasteiger partial charge in [-0.2, -0.15) is 0 Å². The topological polar surface area (TPSA) is 9.23 Å². The third-order valence-corrected chi connectivity index (χ3v) is 3.02. The summed E-state index contributed by atoms with van der Waals surface area (Å²) in [4.78, 5) is 0. The molecule has 0 aromatic heterocycles. The number of rotatable bonds is 3. The number of halogens is 1. The smallest absolute Gasteiger partial charge is 0.169 e. The molecule has 0 bridgehead atoms. The van der Waals surface area contributed by atoms with Gasteiger partial charge in [-0.25, -0.2) is 0 Å². The van der Waals surface area contributed by atoms with Crippen molar-refractivity contribution in [2.75, 3.05) is 7.11 Å². The minimum Gasteiger partial charge on any atom is -0.358 e. The molecule has 0 radical (unpaired) electrons. The lowest BCUT2D eigenvalue weighted by Crippen LogP contribution is -2.27. The van der Waals surface area contributed by atoms with Crippen LogP contribution in [0.25, 0.3) is 0 Å². The van der Waals surface area contributed by atoms with Crippen LogP contribution in [0.1, 0.15) is 19.4 Å². The Morgan fingerprint density at radius 2 is 1.77 bits per heavy atom. The fraction of sp³-hybridized carbons (Fsp3) is 0.455. The fourth-order valence-corrected chi connectivity index (χ4v) is 1.48. The number of benzene rings is 1. The third kappa shape index (κ3) is 2.04. The van der Waals surface area contributed by atoms with Gasteiger partial charge in [0, 0.05) is 13.0 Å². The molecule has 0 spiro atoms. The molecule has 1 aromatic carbocycles. The van der Waals surface area contributed by atoms with Gasteiger partial charge in [-0.05, 0) is 5.56 Å². The van der Waals surface area contributed by atoms with Crippen molar-refractivity contribution in [2.24, 2.45) is 5.92 Å². The lowest BCUT2D eigenvalue weighted by Gasteiger charge is -2.29. The number of alkyl halides is 1. The minimum atomic E-state index is -0.693. The molecule has 0 fully saturated rings. The van der Waals surface area contributed by atoms with Crippen molar-refractivity contribution < 1.29 is 4.74 Å². The monoisotopic (exact) mass is 198 g/mol. The van der Waals surface area contributed by atoms with Crippen LogP contribution in [0.2, 0.25) is 0 Å². The summed E-state index contributed by atoms with van der Waals surface area (Å²) < 4.78 is 5.35. The first-order valence-corrected chi connectivity index (χ1v) is 4.78. The summed E-state index contributed by atoms with van der Waals surface area (Å²) in [5.41, 5.74) is 1.01. The van der Waals surface area contributed by atoms with Crippen LogP contribution in [0.3, 0.4) is 0 Å². The molecule has 0 aliphatic heterocycles. The lowest BCUT2D eigenvalue weighted by molar-refractivity contribution is 0.0222. The molecule has 0 aliphatic carbocycles. The number of ether oxygens (including phenoxy) is 1. The van der Waals surface area contributed by atoms with E-state index in [4.69, 9.17) is 16.3 Å².